The van der Waals surface area contributed by atoms with Gasteiger partial charge in [0.1, 0.15) is 0 Å². The molecule has 0 aliphatic heterocycles. The van der Waals surface area contributed by atoms with Crippen molar-refractivity contribution in [1.29, 1.82) is 0 Å². The maximum atomic E-state index is 13.2. The lowest BCUT2D eigenvalue weighted by molar-refractivity contribution is -0.137. The molecule has 0 atom stereocenters. The zero-order valence-corrected chi connectivity index (χ0v) is 13.3. The molecule has 0 fully saturated rings. The highest BCUT2D eigenvalue weighted by molar-refractivity contribution is 7.99. The van der Waals surface area contributed by atoms with Crippen LogP contribution in [-0.4, -0.2) is 22.4 Å². The summed E-state index contributed by atoms with van der Waals surface area (Å²) in [5.41, 5.74) is 9.31. The van der Waals surface area contributed by atoms with Gasteiger partial charge < -0.3 is 11.5 Å². The molecule has 0 amide bonds. The zero-order valence-electron chi connectivity index (χ0n) is 12.5. The molecule has 0 aliphatic carbocycles. The minimum absolute atomic E-state index is 0.0358. The molecular weight excluding hydrogens is 315 g/mol. The molecule has 22 heavy (non-hydrogen) atoms. The van der Waals surface area contributed by atoms with E-state index >= 15 is 0 Å². The average molecular weight is 333 g/mol. The van der Waals surface area contributed by atoms with Gasteiger partial charge in [0.25, 0.3) is 0 Å². The van der Waals surface area contributed by atoms with Crippen LogP contribution in [0.3, 0.4) is 0 Å². The number of aromatic nitrogens is 1. The standard InChI is InChI=1S/C13H18F3N5S/c1-7(2)6-22-11-4-10(13(14,15)16)9(5-19-11)8(3)20-21-12(17)18/h4-5,7H,6H2,1-3H3,(H4,17,18,21)/b20-8+. The first-order valence-corrected chi connectivity index (χ1v) is 7.43. The summed E-state index contributed by atoms with van der Waals surface area (Å²) in [6, 6.07) is 1.02. The minimum atomic E-state index is -4.51. The Morgan fingerprint density at radius 3 is 2.45 bits per heavy atom. The Hall–Kier alpha value is -1.77. The lowest BCUT2D eigenvalue weighted by Crippen LogP contribution is -2.22. The van der Waals surface area contributed by atoms with Crippen LogP contribution in [0.15, 0.2) is 27.5 Å². The third kappa shape index (κ3) is 5.55. The molecule has 0 unspecified atom stereocenters. The van der Waals surface area contributed by atoms with Crippen LogP contribution in [-0.2, 0) is 6.18 Å². The van der Waals surface area contributed by atoms with Crippen molar-refractivity contribution in [1.82, 2.24) is 4.98 Å². The SMILES string of the molecule is C/C(=N\N=C(N)N)c1cnc(SCC(C)C)cc1C(F)(F)F. The number of hydrogen-bond acceptors (Lipinski definition) is 4. The third-order valence-electron chi connectivity index (χ3n) is 2.45. The van der Waals surface area contributed by atoms with Gasteiger partial charge in [-0.15, -0.1) is 16.9 Å². The molecule has 122 valence electrons. The fourth-order valence-corrected chi connectivity index (χ4v) is 2.31. The summed E-state index contributed by atoms with van der Waals surface area (Å²) in [4.78, 5) is 4.04. The first-order valence-electron chi connectivity index (χ1n) is 6.45. The molecule has 0 saturated heterocycles. The van der Waals surface area contributed by atoms with Crippen LogP contribution in [0.4, 0.5) is 13.2 Å². The first-order chi connectivity index (χ1) is 10.1. The summed E-state index contributed by atoms with van der Waals surface area (Å²) in [7, 11) is 0. The van der Waals surface area contributed by atoms with Crippen LogP contribution in [0.2, 0.25) is 0 Å². The number of nitrogens with two attached hydrogens (primary N) is 2. The van der Waals surface area contributed by atoms with E-state index in [0.717, 1.165) is 12.3 Å². The van der Waals surface area contributed by atoms with Crippen molar-refractivity contribution in [2.45, 2.75) is 32.0 Å². The summed E-state index contributed by atoms with van der Waals surface area (Å²) in [5.74, 6) is 0.709. The summed E-state index contributed by atoms with van der Waals surface area (Å²) >= 11 is 1.28. The second-order valence-electron chi connectivity index (χ2n) is 4.98. The van der Waals surface area contributed by atoms with Gasteiger partial charge in [0, 0.05) is 17.5 Å². The first kappa shape index (κ1) is 18.3. The van der Waals surface area contributed by atoms with Crippen molar-refractivity contribution >= 4 is 23.4 Å². The van der Waals surface area contributed by atoms with Crippen LogP contribution in [0.5, 0.6) is 0 Å². The fourth-order valence-electron chi connectivity index (χ4n) is 1.48. The molecule has 1 aromatic rings. The van der Waals surface area contributed by atoms with Gasteiger partial charge in [-0.05, 0) is 18.9 Å². The predicted molar refractivity (Wildman–Crippen MR) is 82.8 cm³/mol. The smallest absolute Gasteiger partial charge is 0.369 e. The molecule has 0 bridgehead atoms. The number of pyridine rings is 1. The number of hydrogen-bond donors (Lipinski definition) is 2. The van der Waals surface area contributed by atoms with Crippen LogP contribution in [0.1, 0.15) is 31.9 Å². The molecular formula is C13H18F3N5S. The van der Waals surface area contributed by atoms with Crippen molar-refractivity contribution in [3.63, 3.8) is 0 Å². The van der Waals surface area contributed by atoms with E-state index < -0.39 is 11.7 Å². The van der Waals surface area contributed by atoms with E-state index in [-0.39, 0.29) is 17.2 Å². The number of thioether (sulfide) groups is 1. The number of nitrogens with zero attached hydrogens (tertiary/aromatic N) is 3. The number of rotatable bonds is 5. The van der Waals surface area contributed by atoms with Crippen LogP contribution in [0, 0.1) is 5.92 Å². The van der Waals surface area contributed by atoms with Crippen LogP contribution >= 0.6 is 11.8 Å². The Kier molecular flexibility index (Phi) is 6.21. The molecule has 1 heterocycles. The molecule has 4 N–H and O–H groups in total. The van der Waals surface area contributed by atoms with Gasteiger partial charge in [0.05, 0.1) is 16.3 Å². The average Bonchev–Trinajstić information content (AvgIpc) is 2.41. The summed E-state index contributed by atoms with van der Waals surface area (Å²) in [6.45, 7) is 5.36. The largest absolute Gasteiger partial charge is 0.417 e. The fraction of sp³-hybridized carbons (Fsp3) is 0.462. The number of alkyl halides is 3. The van der Waals surface area contributed by atoms with Crippen LogP contribution in [0.25, 0.3) is 0 Å². The molecule has 0 saturated carbocycles. The second-order valence-corrected chi connectivity index (χ2v) is 6.02. The normalized spacial score (nSPS) is 12.6. The second kappa shape index (κ2) is 7.48. The summed E-state index contributed by atoms with van der Waals surface area (Å²) in [5, 5.41) is 7.26. The van der Waals surface area contributed by atoms with Gasteiger partial charge in [-0.1, -0.05) is 13.8 Å². The summed E-state index contributed by atoms with van der Waals surface area (Å²) < 4.78 is 39.6. The minimum Gasteiger partial charge on any atom is -0.369 e. The molecule has 0 aliphatic rings. The maximum Gasteiger partial charge on any atom is 0.417 e. The number of halogens is 3. The molecule has 1 aromatic heterocycles. The van der Waals surface area contributed by atoms with Crippen molar-refractivity contribution < 1.29 is 13.2 Å². The Balaban J connectivity index is 3.23. The highest BCUT2D eigenvalue weighted by Crippen LogP contribution is 2.34. The van der Waals surface area contributed by atoms with Crippen LogP contribution < -0.4 is 11.5 Å². The number of guanidine groups is 1. The van der Waals surface area contributed by atoms with Crippen molar-refractivity contribution in [3.05, 3.63) is 23.4 Å². The monoisotopic (exact) mass is 333 g/mol. The third-order valence-corrected chi connectivity index (χ3v) is 3.81. The van der Waals surface area contributed by atoms with E-state index in [0.29, 0.717) is 16.7 Å². The lowest BCUT2D eigenvalue weighted by atomic mass is 10.1. The summed E-state index contributed by atoms with van der Waals surface area (Å²) in [6.07, 6.45) is -3.37. The highest BCUT2D eigenvalue weighted by atomic mass is 32.2. The highest BCUT2D eigenvalue weighted by Gasteiger charge is 2.34. The van der Waals surface area contributed by atoms with E-state index in [1.54, 1.807) is 0 Å². The van der Waals surface area contributed by atoms with Crippen molar-refractivity contribution in [2.24, 2.45) is 27.6 Å². The van der Waals surface area contributed by atoms with Crippen molar-refractivity contribution in [2.75, 3.05) is 5.75 Å². The molecule has 1 rings (SSSR count). The Morgan fingerprint density at radius 2 is 1.95 bits per heavy atom. The van der Waals surface area contributed by atoms with E-state index in [4.69, 9.17) is 11.5 Å². The Bertz CT molecular complexity index is 578. The Morgan fingerprint density at radius 1 is 1.32 bits per heavy atom. The van der Waals surface area contributed by atoms with Gasteiger partial charge in [-0.2, -0.15) is 18.3 Å². The van der Waals surface area contributed by atoms with Crippen molar-refractivity contribution in [3.8, 4) is 0 Å². The zero-order chi connectivity index (χ0) is 16.9. The molecule has 0 radical (unpaired) electrons. The molecule has 9 heteroatoms. The van der Waals surface area contributed by atoms with E-state index in [2.05, 4.69) is 15.2 Å². The van der Waals surface area contributed by atoms with E-state index in [1.807, 2.05) is 13.8 Å². The Labute approximate surface area is 131 Å². The van der Waals surface area contributed by atoms with Gasteiger partial charge in [0.2, 0.25) is 5.96 Å². The maximum absolute atomic E-state index is 13.2. The van der Waals surface area contributed by atoms with Gasteiger partial charge >= 0.3 is 6.18 Å². The predicted octanol–water partition coefficient (Wildman–Crippen LogP) is 2.85. The van der Waals surface area contributed by atoms with Gasteiger partial charge in [-0.3, -0.25) is 0 Å². The molecule has 5 nitrogen and oxygen atoms in total. The molecule has 0 spiro atoms. The van der Waals surface area contributed by atoms with Gasteiger partial charge in [0.15, 0.2) is 0 Å². The van der Waals surface area contributed by atoms with Gasteiger partial charge in [-0.25, -0.2) is 4.98 Å². The van der Waals surface area contributed by atoms with E-state index in [9.17, 15) is 13.2 Å². The lowest BCUT2D eigenvalue weighted by Gasteiger charge is -2.13. The topological polar surface area (TPSA) is 89.6 Å². The van der Waals surface area contributed by atoms with E-state index in [1.165, 1.54) is 18.7 Å². The quantitative estimate of drug-likeness (QED) is 0.375. The molecule has 0 aromatic carbocycles.